The molecule has 0 fully saturated rings. The second kappa shape index (κ2) is 4.23. The number of methoxy groups -OCH3 is 1. The second-order valence-corrected chi connectivity index (χ2v) is 3.24. The van der Waals surface area contributed by atoms with Crippen molar-refractivity contribution < 1.29 is 9.53 Å². The fraction of sp³-hybridized carbons (Fsp3) is 0.556. The van der Waals surface area contributed by atoms with Crippen molar-refractivity contribution in [1.29, 1.82) is 0 Å². The van der Waals surface area contributed by atoms with Crippen LogP contribution in [0.4, 0.5) is 0 Å². The first kappa shape index (κ1) is 10.7. The number of carbonyl (C=O) groups is 1. The summed E-state index contributed by atoms with van der Waals surface area (Å²) in [7, 11) is 1.35. The minimum Gasteiger partial charge on any atom is -0.469 e. The van der Waals surface area contributed by atoms with Gasteiger partial charge in [-0.3, -0.25) is 4.79 Å². The number of carbonyl (C=O) groups excluding carboxylic acids is 1. The zero-order valence-electron chi connectivity index (χ0n) is 8.63. The minimum absolute atomic E-state index is 0.127. The molecule has 0 saturated carbocycles. The van der Waals surface area contributed by atoms with Gasteiger partial charge in [-0.1, -0.05) is 0 Å². The number of hydrogen-bond donors (Lipinski definition) is 2. The van der Waals surface area contributed by atoms with Crippen molar-refractivity contribution in [2.75, 3.05) is 7.11 Å². The van der Waals surface area contributed by atoms with E-state index in [9.17, 15) is 4.79 Å². The number of H-pyrrole nitrogens is 1. The van der Waals surface area contributed by atoms with E-state index in [1.807, 2.05) is 13.8 Å². The lowest BCUT2D eigenvalue weighted by Gasteiger charge is -1.99. The van der Waals surface area contributed by atoms with Crippen molar-refractivity contribution in [2.24, 2.45) is 5.73 Å². The predicted octanol–water partition coefficient (Wildman–Crippen LogP) is 0.453. The maximum absolute atomic E-state index is 11.0. The number of imidazole rings is 1. The molecular weight excluding hydrogens is 182 g/mol. The number of nitrogens with one attached hydrogen (secondary N) is 1. The molecule has 3 N–H and O–H groups in total. The largest absolute Gasteiger partial charge is 0.469 e. The Labute approximate surface area is 82.7 Å². The molecule has 0 radical (unpaired) electrons. The normalized spacial score (nSPS) is 12.6. The Kier molecular flexibility index (Phi) is 3.24. The van der Waals surface area contributed by atoms with Crippen LogP contribution in [-0.2, 0) is 16.0 Å². The molecule has 1 heterocycles. The summed E-state index contributed by atoms with van der Waals surface area (Å²) in [5.74, 6) is 0.289. The van der Waals surface area contributed by atoms with Gasteiger partial charge in [0.25, 0.3) is 0 Å². The first-order chi connectivity index (χ1) is 6.54. The summed E-state index contributed by atoms with van der Waals surface area (Å²) < 4.78 is 4.53. The number of nitrogens with zero attached hydrogens (tertiary/aromatic N) is 1. The highest BCUT2D eigenvalue weighted by atomic mass is 16.5. The van der Waals surface area contributed by atoms with E-state index in [0.717, 1.165) is 11.4 Å². The summed E-state index contributed by atoms with van der Waals surface area (Å²) >= 11 is 0. The Hall–Kier alpha value is -1.36. The molecule has 0 aliphatic rings. The first-order valence-corrected chi connectivity index (χ1v) is 4.42. The van der Waals surface area contributed by atoms with Crippen molar-refractivity contribution >= 4 is 5.97 Å². The van der Waals surface area contributed by atoms with Gasteiger partial charge >= 0.3 is 5.97 Å². The molecule has 0 amide bonds. The fourth-order valence-electron chi connectivity index (χ4n) is 1.27. The average Bonchev–Trinajstić information content (AvgIpc) is 2.46. The van der Waals surface area contributed by atoms with Gasteiger partial charge in [-0.05, 0) is 13.8 Å². The van der Waals surface area contributed by atoms with Gasteiger partial charge in [0.15, 0.2) is 0 Å². The third-order valence-electron chi connectivity index (χ3n) is 1.94. The average molecular weight is 197 g/mol. The number of esters is 1. The SMILES string of the molecule is COC(=O)Cc1nc(C(C)N)c(C)[nH]1. The summed E-state index contributed by atoms with van der Waals surface area (Å²) in [4.78, 5) is 18.2. The van der Waals surface area contributed by atoms with E-state index >= 15 is 0 Å². The van der Waals surface area contributed by atoms with E-state index in [2.05, 4.69) is 14.7 Å². The number of ether oxygens (including phenoxy) is 1. The Bertz CT molecular complexity index is 331. The molecule has 5 nitrogen and oxygen atoms in total. The number of nitrogens with two attached hydrogens (primary N) is 1. The standard InChI is InChI=1S/C9H15N3O2/c1-5(10)9-6(2)11-7(12-9)4-8(13)14-3/h5H,4,10H2,1-3H3,(H,11,12). The van der Waals surface area contributed by atoms with E-state index in [1.54, 1.807) is 0 Å². The van der Waals surface area contributed by atoms with Crippen LogP contribution < -0.4 is 5.73 Å². The van der Waals surface area contributed by atoms with Crippen molar-refractivity contribution in [1.82, 2.24) is 9.97 Å². The minimum atomic E-state index is -0.310. The van der Waals surface area contributed by atoms with Crippen LogP contribution in [0.1, 0.15) is 30.2 Å². The lowest BCUT2D eigenvalue weighted by molar-refractivity contribution is -0.139. The van der Waals surface area contributed by atoms with Gasteiger partial charge in [0.1, 0.15) is 12.2 Å². The highest BCUT2D eigenvalue weighted by Gasteiger charge is 2.12. The van der Waals surface area contributed by atoms with Crippen LogP contribution in [0.5, 0.6) is 0 Å². The van der Waals surface area contributed by atoms with Crippen LogP contribution in [-0.4, -0.2) is 23.0 Å². The highest BCUT2D eigenvalue weighted by molar-refractivity contribution is 5.71. The Morgan fingerprint density at radius 2 is 2.36 bits per heavy atom. The molecule has 1 unspecified atom stereocenters. The lowest BCUT2D eigenvalue weighted by atomic mass is 10.2. The molecule has 14 heavy (non-hydrogen) atoms. The van der Waals surface area contributed by atoms with Crippen LogP contribution in [0, 0.1) is 6.92 Å². The summed E-state index contributed by atoms with van der Waals surface area (Å²) in [6.45, 7) is 3.73. The summed E-state index contributed by atoms with van der Waals surface area (Å²) in [5, 5.41) is 0. The molecule has 1 atom stereocenters. The fourth-order valence-corrected chi connectivity index (χ4v) is 1.27. The molecule has 1 aromatic rings. The van der Waals surface area contributed by atoms with Gasteiger partial charge in [-0.15, -0.1) is 0 Å². The third-order valence-corrected chi connectivity index (χ3v) is 1.94. The molecule has 0 bridgehead atoms. The number of hydrogen-bond acceptors (Lipinski definition) is 4. The van der Waals surface area contributed by atoms with Gasteiger partial charge in [0.2, 0.25) is 0 Å². The second-order valence-electron chi connectivity index (χ2n) is 3.24. The van der Waals surface area contributed by atoms with E-state index in [-0.39, 0.29) is 18.4 Å². The van der Waals surface area contributed by atoms with Crippen molar-refractivity contribution in [3.8, 4) is 0 Å². The third kappa shape index (κ3) is 2.32. The van der Waals surface area contributed by atoms with E-state index in [1.165, 1.54) is 7.11 Å². The maximum atomic E-state index is 11.0. The van der Waals surface area contributed by atoms with Gasteiger partial charge in [0.05, 0.1) is 12.8 Å². The quantitative estimate of drug-likeness (QED) is 0.689. The maximum Gasteiger partial charge on any atom is 0.313 e. The zero-order chi connectivity index (χ0) is 10.7. The highest BCUT2D eigenvalue weighted by Crippen LogP contribution is 2.12. The molecule has 1 rings (SSSR count). The van der Waals surface area contributed by atoms with E-state index < -0.39 is 0 Å². The summed E-state index contributed by atoms with van der Waals surface area (Å²) in [5.41, 5.74) is 7.39. The van der Waals surface area contributed by atoms with Crippen LogP contribution in [0.2, 0.25) is 0 Å². The molecule has 1 aromatic heterocycles. The molecule has 5 heteroatoms. The number of aryl methyl sites for hydroxylation is 1. The summed E-state index contributed by atoms with van der Waals surface area (Å²) in [6, 6.07) is -0.127. The lowest BCUT2D eigenvalue weighted by Crippen LogP contribution is -2.08. The van der Waals surface area contributed by atoms with Crippen molar-refractivity contribution in [3.05, 3.63) is 17.2 Å². The van der Waals surface area contributed by atoms with Crippen LogP contribution in [0.3, 0.4) is 0 Å². The zero-order valence-corrected chi connectivity index (χ0v) is 8.63. The summed E-state index contributed by atoms with van der Waals surface area (Å²) in [6.07, 6.45) is 0.157. The van der Waals surface area contributed by atoms with Gasteiger partial charge in [0, 0.05) is 11.7 Å². The molecule has 0 aliphatic carbocycles. The van der Waals surface area contributed by atoms with Crippen LogP contribution in [0.15, 0.2) is 0 Å². The monoisotopic (exact) mass is 197 g/mol. The van der Waals surface area contributed by atoms with Crippen molar-refractivity contribution in [3.63, 3.8) is 0 Å². The Morgan fingerprint density at radius 3 is 2.79 bits per heavy atom. The van der Waals surface area contributed by atoms with Crippen LogP contribution in [0.25, 0.3) is 0 Å². The van der Waals surface area contributed by atoms with E-state index in [0.29, 0.717) is 5.82 Å². The molecule has 0 spiro atoms. The molecule has 0 aliphatic heterocycles. The number of rotatable bonds is 3. The smallest absolute Gasteiger partial charge is 0.313 e. The molecular formula is C9H15N3O2. The Morgan fingerprint density at radius 1 is 1.71 bits per heavy atom. The predicted molar refractivity (Wildman–Crippen MR) is 51.6 cm³/mol. The molecule has 78 valence electrons. The molecule has 0 aromatic carbocycles. The van der Waals surface area contributed by atoms with Gasteiger partial charge in [-0.25, -0.2) is 4.98 Å². The Balaban J connectivity index is 2.81. The molecule has 0 saturated heterocycles. The van der Waals surface area contributed by atoms with Crippen molar-refractivity contribution in [2.45, 2.75) is 26.3 Å². The number of aromatic nitrogens is 2. The van der Waals surface area contributed by atoms with Gasteiger partial charge < -0.3 is 15.5 Å². The topological polar surface area (TPSA) is 81.0 Å². The number of aromatic amines is 1. The van der Waals surface area contributed by atoms with Gasteiger partial charge in [-0.2, -0.15) is 0 Å². The first-order valence-electron chi connectivity index (χ1n) is 4.42. The van der Waals surface area contributed by atoms with Crippen LogP contribution >= 0.6 is 0 Å². The van der Waals surface area contributed by atoms with E-state index in [4.69, 9.17) is 5.73 Å².